The van der Waals surface area contributed by atoms with Crippen molar-refractivity contribution in [3.05, 3.63) is 73.6 Å². The second-order valence-electron chi connectivity index (χ2n) is 9.98. The van der Waals surface area contributed by atoms with Crippen LogP contribution >= 0.6 is 34.5 Å². The van der Waals surface area contributed by atoms with E-state index in [0.717, 1.165) is 40.8 Å². The Morgan fingerprint density at radius 3 is 2.24 bits per heavy atom. The molecule has 8 nitrogen and oxygen atoms in total. The molecule has 1 aliphatic carbocycles. The van der Waals surface area contributed by atoms with Crippen LogP contribution in [0, 0.1) is 19.8 Å². The van der Waals surface area contributed by atoms with Crippen LogP contribution < -0.4 is 20.1 Å². The molecule has 1 atom stereocenters. The Morgan fingerprint density at radius 1 is 0.976 bits per heavy atom. The third-order valence-corrected chi connectivity index (χ3v) is 8.65. The highest BCUT2D eigenvalue weighted by atomic mass is 35.5. The Hall–Kier alpha value is -3.27. The molecule has 0 saturated heterocycles. The van der Waals surface area contributed by atoms with Gasteiger partial charge in [0.1, 0.15) is 23.1 Å². The minimum atomic E-state index is -0.558. The predicted molar refractivity (Wildman–Crippen MR) is 161 cm³/mol. The van der Waals surface area contributed by atoms with Gasteiger partial charge >= 0.3 is 5.97 Å². The number of aryl methyl sites for hydroxylation is 2. The van der Waals surface area contributed by atoms with E-state index in [1.807, 2.05) is 13.8 Å². The van der Waals surface area contributed by atoms with Crippen molar-refractivity contribution >= 4 is 57.3 Å². The van der Waals surface area contributed by atoms with E-state index in [1.54, 1.807) is 36.4 Å². The van der Waals surface area contributed by atoms with Crippen LogP contribution in [0.2, 0.25) is 10.0 Å². The predicted octanol–water partition coefficient (Wildman–Crippen LogP) is 6.17. The van der Waals surface area contributed by atoms with E-state index in [4.69, 9.17) is 37.4 Å². The van der Waals surface area contributed by atoms with Gasteiger partial charge in [-0.3, -0.25) is 9.59 Å². The van der Waals surface area contributed by atoms with Gasteiger partial charge in [-0.15, -0.1) is 11.3 Å². The summed E-state index contributed by atoms with van der Waals surface area (Å²) in [5.74, 6) is 0.279. The summed E-state index contributed by atoms with van der Waals surface area (Å²) in [5, 5.41) is 7.40. The fraction of sp³-hybridized carbons (Fsp3) is 0.367. The third kappa shape index (κ3) is 8.38. The van der Waals surface area contributed by atoms with E-state index in [0.29, 0.717) is 38.0 Å². The molecule has 0 saturated carbocycles. The molecule has 2 amide bonds. The lowest BCUT2D eigenvalue weighted by Crippen LogP contribution is -2.30. The minimum Gasteiger partial charge on any atom is -0.484 e. The smallest absolute Gasteiger partial charge is 0.344 e. The van der Waals surface area contributed by atoms with E-state index in [1.165, 1.54) is 11.3 Å². The van der Waals surface area contributed by atoms with Gasteiger partial charge in [0.15, 0.2) is 13.2 Å². The first kappa shape index (κ1) is 30.7. The van der Waals surface area contributed by atoms with Crippen LogP contribution in [0.5, 0.6) is 11.5 Å². The number of amides is 2. The topological polar surface area (TPSA) is 103 Å². The normalized spacial score (nSPS) is 14.1. The molecule has 4 rings (SSSR count). The third-order valence-electron chi connectivity index (χ3n) is 6.63. The number of halogens is 2. The molecule has 2 aromatic carbocycles. The lowest BCUT2D eigenvalue weighted by molar-refractivity contribution is -0.145. The van der Waals surface area contributed by atoms with Crippen LogP contribution in [0.1, 0.15) is 45.3 Å². The number of nitrogens with one attached hydrogen (secondary N) is 2. The number of thiophene rings is 1. The quantitative estimate of drug-likeness (QED) is 0.197. The van der Waals surface area contributed by atoms with E-state index < -0.39 is 5.97 Å². The zero-order valence-corrected chi connectivity index (χ0v) is 25.4. The fourth-order valence-electron chi connectivity index (χ4n) is 4.41. The molecule has 41 heavy (non-hydrogen) atoms. The summed E-state index contributed by atoms with van der Waals surface area (Å²) in [5.41, 5.74) is 3.10. The molecule has 3 aromatic rings. The lowest BCUT2D eigenvalue weighted by atomic mass is 9.88. The van der Waals surface area contributed by atoms with Crippen molar-refractivity contribution < 1.29 is 28.6 Å². The van der Waals surface area contributed by atoms with Crippen molar-refractivity contribution in [1.29, 1.82) is 0 Å². The highest BCUT2D eigenvalue weighted by Crippen LogP contribution is 2.39. The molecule has 1 aliphatic rings. The first-order valence-electron chi connectivity index (χ1n) is 13.3. The van der Waals surface area contributed by atoms with Gasteiger partial charge in [-0.25, -0.2) is 4.79 Å². The van der Waals surface area contributed by atoms with Gasteiger partial charge in [-0.2, -0.15) is 0 Å². The van der Waals surface area contributed by atoms with E-state index in [-0.39, 0.29) is 38.2 Å². The summed E-state index contributed by atoms with van der Waals surface area (Å²) in [6, 6.07) is 10.3. The molecule has 1 aromatic heterocycles. The molecular weight excluding hydrogens is 587 g/mol. The van der Waals surface area contributed by atoms with Gasteiger partial charge in [0.05, 0.1) is 12.1 Å². The Balaban J connectivity index is 1.31. The van der Waals surface area contributed by atoms with Crippen molar-refractivity contribution in [3.63, 3.8) is 0 Å². The molecule has 0 aliphatic heterocycles. The average molecular weight is 620 g/mol. The fourth-order valence-corrected chi connectivity index (χ4v) is 6.07. The maximum absolute atomic E-state index is 13.2. The standard InChI is InChI=1S/C30H32Cl2N2O6S/c1-17-4-7-22-25(12-17)41-30(34-26(35)15-39-20-5-8-23(31)18(2)13-20)28(22)29(37)33-10-11-38-27(36)16-40-21-6-9-24(32)19(3)14-21/h5-6,8-9,13-14,17H,4,7,10-12,15-16H2,1-3H3,(H,33,37)(H,34,35). The summed E-state index contributed by atoms with van der Waals surface area (Å²) in [6.45, 7) is 5.48. The number of esters is 1. The van der Waals surface area contributed by atoms with Gasteiger partial charge in [0.25, 0.3) is 11.8 Å². The van der Waals surface area contributed by atoms with Crippen LogP contribution in [0.15, 0.2) is 36.4 Å². The van der Waals surface area contributed by atoms with Gasteiger partial charge in [0, 0.05) is 14.9 Å². The van der Waals surface area contributed by atoms with Crippen molar-refractivity contribution in [1.82, 2.24) is 5.32 Å². The highest BCUT2D eigenvalue weighted by molar-refractivity contribution is 7.17. The second kappa shape index (κ2) is 14.1. The number of carbonyl (C=O) groups is 3. The van der Waals surface area contributed by atoms with Crippen LogP contribution in [0.4, 0.5) is 5.00 Å². The molecule has 1 heterocycles. The Kier molecular flexibility index (Phi) is 10.5. The molecule has 0 radical (unpaired) electrons. The van der Waals surface area contributed by atoms with Gasteiger partial charge in [0.2, 0.25) is 0 Å². The number of hydrogen-bond donors (Lipinski definition) is 2. The summed E-state index contributed by atoms with van der Waals surface area (Å²) >= 11 is 13.5. The minimum absolute atomic E-state index is 0.0209. The number of hydrogen-bond acceptors (Lipinski definition) is 7. The monoisotopic (exact) mass is 618 g/mol. The maximum atomic E-state index is 13.2. The number of benzene rings is 2. The molecule has 0 spiro atoms. The molecule has 0 bridgehead atoms. The molecule has 218 valence electrons. The van der Waals surface area contributed by atoms with Gasteiger partial charge in [-0.05, 0) is 92.1 Å². The van der Waals surface area contributed by atoms with Crippen molar-refractivity contribution in [3.8, 4) is 11.5 Å². The summed E-state index contributed by atoms with van der Waals surface area (Å²) < 4.78 is 16.3. The molecule has 2 N–H and O–H groups in total. The van der Waals surface area contributed by atoms with E-state index >= 15 is 0 Å². The van der Waals surface area contributed by atoms with E-state index in [2.05, 4.69) is 17.6 Å². The van der Waals surface area contributed by atoms with Crippen molar-refractivity contribution in [2.24, 2.45) is 5.92 Å². The number of fused-ring (bicyclic) bond motifs is 1. The lowest BCUT2D eigenvalue weighted by Gasteiger charge is -2.18. The highest BCUT2D eigenvalue weighted by Gasteiger charge is 2.28. The van der Waals surface area contributed by atoms with Crippen LogP contribution in [0.25, 0.3) is 0 Å². The van der Waals surface area contributed by atoms with E-state index in [9.17, 15) is 14.4 Å². The summed E-state index contributed by atoms with van der Waals surface area (Å²) in [7, 11) is 0. The maximum Gasteiger partial charge on any atom is 0.344 e. The van der Waals surface area contributed by atoms with Crippen LogP contribution in [0.3, 0.4) is 0 Å². The number of carbonyl (C=O) groups excluding carboxylic acids is 3. The summed E-state index contributed by atoms with van der Waals surface area (Å²) in [6.07, 6.45) is 2.56. The van der Waals surface area contributed by atoms with Crippen LogP contribution in [-0.4, -0.2) is 44.1 Å². The van der Waals surface area contributed by atoms with Gasteiger partial charge < -0.3 is 24.8 Å². The zero-order valence-electron chi connectivity index (χ0n) is 23.1. The second-order valence-corrected chi connectivity index (χ2v) is 11.9. The summed E-state index contributed by atoms with van der Waals surface area (Å²) in [4.78, 5) is 39.2. The molecule has 11 heteroatoms. The van der Waals surface area contributed by atoms with Gasteiger partial charge in [-0.1, -0.05) is 30.1 Å². The first-order chi connectivity index (χ1) is 19.6. The van der Waals surface area contributed by atoms with Crippen molar-refractivity contribution in [2.45, 2.75) is 40.0 Å². The molecular formula is C30H32Cl2N2O6S. The van der Waals surface area contributed by atoms with Crippen molar-refractivity contribution in [2.75, 3.05) is 31.7 Å². The number of rotatable bonds is 11. The molecule has 0 fully saturated rings. The SMILES string of the molecule is Cc1cc(OCC(=O)Nc2sc3c(c2C(=O)NCCOC(=O)COc2ccc(Cl)c(C)c2)CCC(C)C3)ccc1Cl. The first-order valence-corrected chi connectivity index (χ1v) is 14.8. The Morgan fingerprint density at radius 2 is 1.61 bits per heavy atom. The van der Waals surface area contributed by atoms with Crippen LogP contribution in [-0.2, 0) is 27.2 Å². The largest absolute Gasteiger partial charge is 0.484 e. The Bertz CT molecular complexity index is 1440. The number of anilines is 1. The zero-order chi connectivity index (χ0) is 29.5. The molecule has 1 unspecified atom stereocenters. The average Bonchev–Trinajstić information content (AvgIpc) is 3.29. The number of ether oxygens (including phenoxy) is 3. The Labute approximate surface area is 253 Å².